The fraction of sp³-hybridized carbons (Fsp3) is 0.353. The molecule has 0 fully saturated rings. The number of rotatable bonds is 3. The molecule has 2 aromatic rings. The molecule has 0 saturated carbocycles. The number of benzene rings is 1. The highest BCUT2D eigenvalue weighted by atomic mass is 32.1. The van der Waals surface area contributed by atoms with E-state index >= 15 is 0 Å². The molecule has 0 radical (unpaired) electrons. The number of nitrogens with zero attached hydrogens (tertiary/aromatic N) is 1. The van der Waals surface area contributed by atoms with Gasteiger partial charge in [0.25, 0.3) is 0 Å². The Kier molecular flexibility index (Phi) is 4.43. The lowest BCUT2D eigenvalue weighted by molar-refractivity contribution is -0.120. The van der Waals surface area contributed by atoms with Crippen LogP contribution in [0.3, 0.4) is 0 Å². The zero-order valence-corrected chi connectivity index (χ0v) is 14.0. The van der Waals surface area contributed by atoms with Gasteiger partial charge in [-0.15, -0.1) is 11.3 Å². The third-order valence-electron chi connectivity index (χ3n) is 3.87. The molecule has 0 bridgehead atoms. The second-order valence-corrected chi connectivity index (χ2v) is 7.08. The Bertz CT molecular complexity index is 754. The summed E-state index contributed by atoms with van der Waals surface area (Å²) >= 11 is 1.69. The van der Waals surface area contributed by atoms with Crippen LogP contribution in [0.2, 0.25) is 0 Å². The molecule has 1 aliphatic carbocycles. The third kappa shape index (κ3) is 3.76. The van der Waals surface area contributed by atoms with Gasteiger partial charge < -0.3 is 10.6 Å². The predicted octanol–water partition coefficient (Wildman–Crippen LogP) is 3.15. The molecule has 2 amide bonds. The number of nitrogens with one attached hydrogen (secondary N) is 2. The van der Waals surface area contributed by atoms with E-state index in [2.05, 4.69) is 15.6 Å². The first kappa shape index (κ1) is 15.7. The highest BCUT2D eigenvalue weighted by Gasteiger charge is 2.27. The van der Waals surface area contributed by atoms with Crippen LogP contribution in [-0.2, 0) is 22.4 Å². The Morgan fingerprint density at radius 1 is 1.26 bits per heavy atom. The van der Waals surface area contributed by atoms with Gasteiger partial charge >= 0.3 is 0 Å². The van der Waals surface area contributed by atoms with Gasteiger partial charge in [0.05, 0.1) is 10.7 Å². The summed E-state index contributed by atoms with van der Waals surface area (Å²) in [6, 6.07) is 7.20. The molecule has 23 heavy (non-hydrogen) atoms. The van der Waals surface area contributed by atoms with E-state index in [4.69, 9.17) is 0 Å². The molecule has 1 aliphatic rings. The van der Waals surface area contributed by atoms with E-state index in [-0.39, 0.29) is 17.7 Å². The Morgan fingerprint density at radius 2 is 2.00 bits per heavy atom. The number of carbonyl (C=O) groups is 2. The number of hydrogen-bond donors (Lipinski definition) is 2. The number of carbonyl (C=O) groups excluding carboxylic acids is 2. The quantitative estimate of drug-likeness (QED) is 0.908. The molecule has 1 aromatic carbocycles. The SMILES string of the molecule is CC(=O)Nc1cccc(NC(=O)C2CCc3nc(C)sc3C2)c1. The second kappa shape index (κ2) is 6.50. The van der Waals surface area contributed by atoms with Crippen LogP contribution in [0.25, 0.3) is 0 Å². The summed E-state index contributed by atoms with van der Waals surface area (Å²) in [5.41, 5.74) is 2.54. The molecular weight excluding hydrogens is 310 g/mol. The van der Waals surface area contributed by atoms with E-state index in [1.54, 1.807) is 23.5 Å². The molecule has 120 valence electrons. The zero-order chi connectivity index (χ0) is 16.4. The van der Waals surface area contributed by atoms with Gasteiger partial charge in [-0.2, -0.15) is 0 Å². The summed E-state index contributed by atoms with van der Waals surface area (Å²) in [4.78, 5) is 29.4. The molecule has 0 saturated heterocycles. The maximum Gasteiger partial charge on any atom is 0.227 e. The standard InChI is InChI=1S/C17H19N3O2S/c1-10(21)18-13-4-3-5-14(9-13)20-17(22)12-6-7-15-16(8-12)23-11(2)19-15/h3-5,9,12H,6-8H2,1-2H3,(H,18,21)(H,20,22). The van der Waals surface area contributed by atoms with E-state index < -0.39 is 0 Å². The van der Waals surface area contributed by atoms with Gasteiger partial charge in [-0.05, 0) is 44.4 Å². The van der Waals surface area contributed by atoms with Crippen molar-refractivity contribution in [2.75, 3.05) is 10.6 Å². The fourth-order valence-corrected chi connectivity index (χ4v) is 3.91. The van der Waals surface area contributed by atoms with Crippen LogP contribution >= 0.6 is 11.3 Å². The van der Waals surface area contributed by atoms with Crippen LogP contribution < -0.4 is 10.6 Å². The summed E-state index contributed by atoms with van der Waals surface area (Å²) < 4.78 is 0. The lowest BCUT2D eigenvalue weighted by atomic mass is 9.90. The summed E-state index contributed by atoms with van der Waals surface area (Å²) in [6.45, 7) is 3.47. The molecule has 0 aliphatic heterocycles. The number of anilines is 2. The maximum absolute atomic E-state index is 12.5. The molecule has 6 heteroatoms. The first-order chi connectivity index (χ1) is 11.0. The topological polar surface area (TPSA) is 71.1 Å². The number of thiazole rings is 1. The van der Waals surface area contributed by atoms with Crippen molar-refractivity contribution in [1.82, 2.24) is 4.98 Å². The summed E-state index contributed by atoms with van der Waals surface area (Å²) in [7, 11) is 0. The van der Waals surface area contributed by atoms with Crippen LogP contribution in [0.1, 0.15) is 28.9 Å². The molecular formula is C17H19N3O2S. The van der Waals surface area contributed by atoms with Gasteiger partial charge in [0.2, 0.25) is 11.8 Å². The Morgan fingerprint density at radius 3 is 2.74 bits per heavy atom. The number of fused-ring (bicyclic) bond motifs is 1. The highest BCUT2D eigenvalue weighted by molar-refractivity contribution is 7.11. The summed E-state index contributed by atoms with van der Waals surface area (Å²) in [6.07, 6.45) is 2.45. The Balaban J connectivity index is 1.67. The molecule has 1 aromatic heterocycles. The minimum absolute atomic E-state index is 0.0215. The smallest absolute Gasteiger partial charge is 0.227 e. The molecule has 2 N–H and O–H groups in total. The van der Waals surface area contributed by atoms with E-state index in [0.717, 1.165) is 30.0 Å². The van der Waals surface area contributed by atoms with Crippen LogP contribution in [0.4, 0.5) is 11.4 Å². The average Bonchev–Trinajstić information content (AvgIpc) is 2.85. The Labute approximate surface area is 139 Å². The van der Waals surface area contributed by atoms with Gasteiger partial charge in [0.15, 0.2) is 0 Å². The summed E-state index contributed by atoms with van der Waals surface area (Å²) in [5, 5.41) is 6.74. The molecule has 1 unspecified atom stereocenters. The van der Waals surface area contributed by atoms with Crippen LogP contribution in [0.5, 0.6) is 0 Å². The van der Waals surface area contributed by atoms with Crippen molar-refractivity contribution < 1.29 is 9.59 Å². The minimum atomic E-state index is -0.131. The lowest BCUT2D eigenvalue weighted by Gasteiger charge is -2.20. The molecule has 1 atom stereocenters. The van der Waals surface area contributed by atoms with Gasteiger partial charge in [0, 0.05) is 29.1 Å². The van der Waals surface area contributed by atoms with E-state index in [1.807, 2.05) is 19.1 Å². The van der Waals surface area contributed by atoms with Crippen molar-refractivity contribution in [2.24, 2.45) is 5.92 Å². The maximum atomic E-state index is 12.5. The lowest BCUT2D eigenvalue weighted by Crippen LogP contribution is -2.27. The number of aromatic nitrogens is 1. The normalized spacial score (nSPS) is 16.5. The van der Waals surface area contributed by atoms with Gasteiger partial charge in [-0.25, -0.2) is 4.98 Å². The first-order valence-corrected chi connectivity index (χ1v) is 8.46. The first-order valence-electron chi connectivity index (χ1n) is 7.65. The Hall–Kier alpha value is -2.21. The van der Waals surface area contributed by atoms with Crippen LogP contribution in [-0.4, -0.2) is 16.8 Å². The van der Waals surface area contributed by atoms with Crippen LogP contribution in [0, 0.1) is 12.8 Å². The van der Waals surface area contributed by atoms with E-state index in [0.29, 0.717) is 11.4 Å². The van der Waals surface area contributed by atoms with Crippen molar-refractivity contribution in [3.63, 3.8) is 0 Å². The predicted molar refractivity (Wildman–Crippen MR) is 91.7 cm³/mol. The highest BCUT2D eigenvalue weighted by Crippen LogP contribution is 2.30. The molecule has 1 heterocycles. The number of amides is 2. The average molecular weight is 329 g/mol. The zero-order valence-electron chi connectivity index (χ0n) is 13.2. The summed E-state index contributed by atoms with van der Waals surface area (Å²) in [5.74, 6) is -0.123. The van der Waals surface area contributed by atoms with Crippen LogP contribution in [0.15, 0.2) is 24.3 Å². The van der Waals surface area contributed by atoms with E-state index in [1.165, 1.54) is 11.8 Å². The van der Waals surface area contributed by atoms with Gasteiger partial charge in [0.1, 0.15) is 0 Å². The monoisotopic (exact) mass is 329 g/mol. The van der Waals surface area contributed by atoms with Crippen molar-refractivity contribution in [2.45, 2.75) is 33.1 Å². The second-order valence-electron chi connectivity index (χ2n) is 5.79. The minimum Gasteiger partial charge on any atom is -0.326 e. The largest absolute Gasteiger partial charge is 0.326 e. The van der Waals surface area contributed by atoms with Crippen molar-refractivity contribution >= 4 is 34.5 Å². The van der Waals surface area contributed by atoms with Gasteiger partial charge in [-0.3, -0.25) is 9.59 Å². The molecule has 3 rings (SSSR count). The fourth-order valence-electron chi connectivity index (χ4n) is 2.85. The van der Waals surface area contributed by atoms with Crippen molar-refractivity contribution in [1.29, 1.82) is 0 Å². The molecule has 5 nitrogen and oxygen atoms in total. The van der Waals surface area contributed by atoms with E-state index in [9.17, 15) is 9.59 Å². The number of aryl methyl sites for hydroxylation is 2. The third-order valence-corrected chi connectivity index (χ3v) is 4.90. The van der Waals surface area contributed by atoms with Gasteiger partial charge in [-0.1, -0.05) is 6.07 Å². The van der Waals surface area contributed by atoms with Crippen molar-refractivity contribution in [3.8, 4) is 0 Å². The number of hydrogen-bond acceptors (Lipinski definition) is 4. The molecule has 0 spiro atoms. The van der Waals surface area contributed by atoms with Crippen molar-refractivity contribution in [3.05, 3.63) is 39.8 Å².